The Kier molecular flexibility index (Phi) is 4.42. The number of nitrogens with zero attached hydrogens (tertiary/aromatic N) is 1. The number of nitrogens with one attached hydrogen (secondary N) is 2. The molecule has 1 atom stereocenters. The molecule has 0 spiro atoms. The molecule has 0 radical (unpaired) electrons. The summed E-state index contributed by atoms with van der Waals surface area (Å²) in [7, 11) is 0. The van der Waals surface area contributed by atoms with Crippen LogP contribution < -0.4 is 14.8 Å². The summed E-state index contributed by atoms with van der Waals surface area (Å²) in [6.45, 7) is 3.02. The maximum Gasteiger partial charge on any atom is 0.228 e. The van der Waals surface area contributed by atoms with Gasteiger partial charge in [-0.25, -0.2) is 4.98 Å². The van der Waals surface area contributed by atoms with E-state index in [-0.39, 0.29) is 18.4 Å². The highest BCUT2D eigenvalue weighted by Gasteiger charge is 2.16. The number of carbonyl (C=O) groups is 1. The minimum atomic E-state index is -0.155. The number of rotatable bonds is 4. The number of benzene rings is 2. The number of amides is 1. The fourth-order valence-electron chi connectivity index (χ4n) is 2.98. The zero-order chi connectivity index (χ0) is 18.1. The molecule has 1 aliphatic rings. The Hall–Kier alpha value is -2.73. The first kappa shape index (κ1) is 16.7. The Bertz CT molecular complexity index is 970. The fourth-order valence-corrected chi connectivity index (χ4v) is 3.15. The number of ether oxygens (including phenoxy) is 2. The highest BCUT2D eigenvalue weighted by molar-refractivity contribution is 6.31. The fraction of sp³-hybridized carbons (Fsp3) is 0.263. The first-order valence-corrected chi connectivity index (χ1v) is 8.79. The topological polar surface area (TPSA) is 76.2 Å². The SMILES string of the molecule is C[C@@H](NC(=O)Cc1nc2ccc(Cl)cc2[nH]1)c1ccc2c(c1)OCCO2. The van der Waals surface area contributed by atoms with Crippen LogP contribution in [0.2, 0.25) is 5.02 Å². The molecule has 3 aromatic rings. The van der Waals surface area contributed by atoms with Crippen molar-refractivity contribution in [3.8, 4) is 11.5 Å². The van der Waals surface area contributed by atoms with Crippen LogP contribution in [0.5, 0.6) is 11.5 Å². The molecule has 1 amide bonds. The maximum absolute atomic E-state index is 12.4. The lowest BCUT2D eigenvalue weighted by atomic mass is 10.1. The number of fused-ring (bicyclic) bond motifs is 2. The predicted molar refractivity (Wildman–Crippen MR) is 98.8 cm³/mol. The Balaban J connectivity index is 1.43. The number of hydrogen-bond acceptors (Lipinski definition) is 4. The Morgan fingerprint density at radius 3 is 2.88 bits per heavy atom. The molecular formula is C19H18ClN3O3. The van der Waals surface area contributed by atoms with E-state index in [4.69, 9.17) is 21.1 Å². The normalized spacial score (nSPS) is 14.2. The number of hydrogen-bond donors (Lipinski definition) is 2. The summed E-state index contributed by atoms with van der Waals surface area (Å²) in [5.41, 5.74) is 2.57. The lowest BCUT2D eigenvalue weighted by Gasteiger charge is -2.21. The zero-order valence-electron chi connectivity index (χ0n) is 14.2. The summed E-state index contributed by atoms with van der Waals surface area (Å²) in [5, 5.41) is 3.61. The standard InChI is InChI=1S/C19H18ClN3O3/c1-11(12-2-5-16-17(8-12)26-7-6-25-16)21-19(24)10-18-22-14-4-3-13(20)9-15(14)23-18/h2-5,8-9,11H,6-7,10H2,1H3,(H,21,24)(H,22,23)/t11-/m1/s1. The third kappa shape index (κ3) is 3.46. The van der Waals surface area contributed by atoms with E-state index in [9.17, 15) is 4.79 Å². The van der Waals surface area contributed by atoms with Crippen LogP contribution in [0.25, 0.3) is 11.0 Å². The molecule has 2 N–H and O–H groups in total. The number of carbonyl (C=O) groups excluding carboxylic acids is 1. The summed E-state index contributed by atoms with van der Waals surface area (Å²) in [6, 6.07) is 11.0. The average Bonchev–Trinajstić information content (AvgIpc) is 3.02. The highest BCUT2D eigenvalue weighted by atomic mass is 35.5. The van der Waals surface area contributed by atoms with Gasteiger partial charge >= 0.3 is 0 Å². The molecule has 0 unspecified atom stereocenters. The quantitative estimate of drug-likeness (QED) is 0.736. The van der Waals surface area contributed by atoms with Gasteiger partial charge in [-0.1, -0.05) is 17.7 Å². The zero-order valence-corrected chi connectivity index (χ0v) is 15.0. The van der Waals surface area contributed by atoms with Crippen LogP contribution in [0.1, 0.15) is 24.4 Å². The van der Waals surface area contributed by atoms with Crippen LogP contribution in [0, 0.1) is 0 Å². The third-order valence-electron chi connectivity index (χ3n) is 4.26. The van der Waals surface area contributed by atoms with Crippen LogP contribution in [0.15, 0.2) is 36.4 Å². The van der Waals surface area contributed by atoms with Crippen molar-refractivity contribution in [1.82, 2.24) is 15.3 Å². The van der Waals surface area contributed by atoms with Gasteiger partial charge in [0.1, 0.15) is 19.0 Å². The van der Waals surface area contributed by atoms with E-state index in [0.717, 1.165) is 22.3 Å². The van der Waals surface area contributed by atoms with Gasteiger partial charge in [-0.3, -0.25) is 4.79 Å². The molecule has 2 heterocycles. The molecule has 0 aliphatic carbocycles. The van der Waals surface area contributed by atoms with Crippen molar-refractivity contribution in [2.45, 2.75) is 19.4 Å². The molecule has 1 aliphatic heterocycles. The number of H-pyrrole nitrogens is 1. The van der Waals surface area contributed by atoms with Gasteiger partial charge in [0.15, 0.2) is 11.5 Å². The first-order chi connectivity index (χ1) is 12.6. The summed E-state index contributed by atoms with van der Waals surface area (Å²) in [4.78, 5) is 19.9. The molecule has 0 saturated carbocycles. The van der Waals surface area contributed by atoms with E-state index in [1.165, 1.54) is 0 Å². The molecule has 6 nitrogen and oxygen atoms in total. The van der Waals surface area contributed by atoms with Gasteiger partial charge < -0.3 is 19.8 Å². The van der Waals surface area contributed by atoms with Crippen LogP contribution in [0.3, 0.4) is 0 Å². The Morgan fingerprint density at radius 1 is 1.23 bits per heavy atom. The van der Waals surface area contributed by atoms with E-state index in [1.807, 2.05) is 31.2 Å². The van der Waals surface area contributed by atoms with Crippen LogP contribution in [-0.2, 0) is 11.2 Å². The molecule has 7 heteroatoms. The Labute approximate surface area is 155 Å². The van der Waals surface area contributed by atoms with E-state index < -0.39 is 0 Å². The molecule has 26 heavy (non-hydrogen) atoms. The number of aromatic nitrogens is 2. The van der Waals surface area contributed by atoms with Gasteiger partial charge in [-0.2, -0.15) is 0 Å². The first-order valence-electron chi connectivity index (χ1n) is 8.41. The van der Waals surface area contributed by atoms with Crippen molar-refractivity contribution in [3.63, 3.8) is 0 Å². The van der Waals surface area contributed by atoms with Crippen molar-refractivity contribution >= 4 is 28.5 Å². The van der Waals surface area contributed by atoms with E-state index >= 15 is 0 Å². The van der Waals surface area contributed by atoms with Crippen molar-refractivity contribution < 1.29 is 14.3 Å². The molecular weight excluding hydrogens is 354 g/mol. The molecule has 2 aromatic carbocycles. The average molecular weight is 372 g/mol. The summed E-state index contributed by atoms with van der Waals surface area (Å²) < 4.78 is 11.1. The van der Waals surface area contributed by atoms with Gasteiger partial charge in [0.25, 0.3) is 0 Å². The second-order valence-corrected chi connectivity index (χ2v) is 6.65. The highest BCUT2D eigenvalue weighted by Crippen LogP contribution is 2.32. The largest absolute Gasteiger partial charge is 0.486 e. The van der Waals surface area contributed by atoms with Crippen LogP contribution in [-0.4, -0.2) is 29.1 Å². The van der Waals surface area contributed by atoms with Crippen LogP contribution >= 0.6 is 11.6 Å². The van der Waals surface area contributed by atoms with Gasteiger partial charge in [0.2, 0.25) is 5.91 Å². The van der Waals surface area contributed by atoms with Gasteiger partial charge in [-0.05, 0) is 42.8 Å². The minimum Gasteiger partial charge on any atom is -0.486 e. The smallest absolute Gasteiger partial charge is 0.228 e. The third-order valence-corrected chi connectivity index (χ3v) is 4.50. The van der Waals surface area contributed by atoms with Crippen molar-refractivity contribution in [3.05, 3.63) is 52.8 Å². The van der Waals surface area contributed by atoms with E-state index in [2.05, 4.69) is 15.3 Å². The lowest BCUT2D eigenvalue weighted by Crippen LogP contribution is -2.28. The van der Waals surface area contributed by atoms with Crippen LogP contribution in [0.4, 0.5) is 0 Å². The molecule has 0 bridgehead atoms. The molecule has 0 saturated heterocycles. The second kappa shape index (κ2) is 6.88. The summed E-state index contributed by atoms with van der Waals surface area (Å²) >= 11 is 5.97. The van der Waals surface area contributed by atoms with Crippen molar-refractivity contribution in [1.29, 1.82) is 0 Å². The molecule has 0 fully saturated rings. The minimum absolute atomic E-state index is 0.113. The van der Waals surface area contributed by atoms with Gasteiger partial charge in [0, 0.05) is 5.02 Å². The van der Waals surface area contributed by atoms with Crippen molar-refractivity contribution in [2.75, 3.05) is 13.2 Å². The van der Waals surface area contributed by atoms with Crippen molar-refractivity contribution in [2.24, 2.45) is 0 Å². The lowest BCUT2D eigenvalue weighted by molar-refractivity contribution is -0.121. The number of aromatic amines is 1. The Morgan fingerprint density at radius 2 is 2.04 bits per heavy atom. The number of halogens is 1. The summed E-state index contributed by atoms with van der Waals surface area (Å²) in [6.07, 6.45) is 0.168. The maximum atomic E-state index is 12.4. The number of imidazole rings is 1. The summed E-state index contributed by atoms with van der Waals surface area (Å²) in [5.74, 6) is 1.94. The molecule has 4 rings (SSSR count). The molecule has 134 valence electrons. The van der Waals surface area contributed by atoms with Gasteiger partial charge in [0.05, 0.1) is 23.5 Å². The van der Waals surface area contributed by atoms with Gasteiger partial charge in [-0.15, -0.1) is 0 Å². The monoisotopic (exact) mass is 371 g/mol. The van der Waals surface area contributed by atoms with E-state index in [1.54, 1.807) is 12.1 Å². The predicted octanol–water partition coefficient (Wildman–Crippen LogP) is 3.41. The second-order valence-electron chi connectivity index (χ2n) is 6.21. The van der Waals surface area contributed by atoms with E-state index in [0.29, 0.717) is 29.8 Å². The molecule has 1 aromatic heterocycles.